The first kappa shape index (κ1) is 44.5. The number of fused-ring (bicyclic) bond motifs is 6. The number of hydrogen-bond donors (Lipinski definition) is 3. The summed E-state index contributed by atoms with van der Waals surface area (Å²) in [4.78, 5) is 76.1. The van der Waals surface area contributed by atoms with Gasteiger partial charge in [0.1, 0.15) is 42.0 Å². The summed E-state index contributed by atoms with van der Waals surface area (Å²) in [6.07, 6.45) is 8.19. The monoisotopic (exact) mass is 952 g/mol. The van der Waals surface area contributed by atoms with Crippen LogP contribution in [0.25, 0.3) is 32.9 Å². The van der Waals surface area contributed by atoms with Crippen molar-refractivity contribution in [1.29, 1.82) is 0 Å². The minimum Gasteiger partial charge on any atom is -0.508 e. The summed E-state index contributed by atoms with van der Waals surface area (Å²) in [6, 6.07) is 14.8. The molecule has 3 unspecified atom stereocenters. The lowest BCUT2D eigenvalue weighted by atomic mass is 9.95. The maximum absolute atomic E-state index is 17.3. The van der Waals surface area contributed by atoms with Gasteiger partial charge in [0.25, 0.3) is 5.91 Å². The van der Waals surface area contributed by atoms with E-state index < -0.39 is 17.8 Å². The molecule has 2 aromatic heterocycles. The van der Waals surface area contributed by atoms with E-state index in [1.54, 1.807) is 34.2 Å². The second-order valence-corrected chi connectivity index (χ2v) is 20.2. The molecule has 6 saturated heterocycles. The molecule has 9 heterocycles. The maximum atomic E-state index is 17.3. The van der Waals surface area contributed by atoms with Crippen molar-refractivity contribution in [2.24, 2.45) is 0 Å². The fraction of sp³-hybridized carbons (Fsp3) is 0.481. The van der Waals surface area contributed by atoms with Gasteiger partial charge < -0.3 is 39.5 Å². The number of pyridine rings is 1. The van der Waals surface area contributed by atoms with Crippen LogP contribution in [-0.4, -0.2) is 147 Å². The van der Waals surface area contributed by atoms with Crippen molar-refractivity contribution in [2.45, 2.75) is 101 Å². The molecule has 364 valence electrons. The zero-order valence-corrected chi connectivity index (χ0v) is 39.3. The van der Waals surface area contributed by atoms with Crippen LogP contribution in [0.4, 0.5) is 20.7 Å². The van der Waals surface area contributed by atoms with Gasteiger partial charge >= 0.3 is 12.1 Å². The van der Waals surface area contributed by atoms with E-state index in [0.29, 0.717) is 73.6 Å². The summed E-state index contributed by atoms with van der Waals surface area (Å²) in [5.74, 6) is -0.935. The third-order valence-electron chi connectivity index (χ3n) is 16.2. The molecule has 3 aromatic carbocycles. The van der Waals surface area contributed by atoms with Gasteiger partial charge in [0.15, 0.2) is 5.82 Å². The first-order valence-corrected chi connectivity index (χ1v) is 25.0. The number of carbonyl (C=O) groups excluding carboxylic acids is 4. The highest BCUT2D eigenvalue weighted by Gasteiger charge is 2.50. The number of phenols is 1. The number of imide groups is 1. The number of amides is 4. The lowest BCUT2D eigenvalue weighted by molar-refractivity contribution is -0.136. The number of hydrogen-bond acceptors (Lipinski definition) is 14. The van der Waals surface area contributed by atoms with Gasteiger partial charge in [-0.1, -0.05) is 31.2 Å². The Kier molecular flexibility index (Phi) is 11.2. The molecule has 7 aliphatic heterocycles. The average Bonchev–Trinajstić information content (AvgIpc) is 4.13. The topological polar surface area (TPSA) is 186 Å². The van der Waals surface area contributed by atoms with Crippen molar-refractivity contribution >= 4 is 57.0 Å². The Morgan fingerprint density at radius 3 is 2.54 bits per heavy atom. The maximum Gasteiger partial charge on any atom is 0.409 e. The SMILES string of the molecule is CCc1cccc2cc(O)cc(-c3ncc4c(N5CC6CCC(C5)N6)nc(OC[C@@]56CCCN5[C@H](COC(=O)N5CCN(c7cccc8c7CN(C7CCC(=O)NC7=O)C8=O)CC5)CC6)nc4c3F)c12. The highest BCUT2D eigenvalue weighted by Crippen LogP contribution is 2.44. The Morgan fingerprint density at radius 2 is 1.74 bits per heavy atom. The zero-order valence-electron chi connectivity index (χ0n) is 39.3. The molecule has 7 aliphatic rings. The third kappa shape index (κ3) is 7.70. The molecular weight excluding hydrogens is 896 g/mol. The van der Waals surface area contributed by atoms with Gasteiger partial charge in [0.2, 0.25) is 11.8 Å². The number of nitrogens with zero attached hydrogens (tertiary/aromatic N) is 8. The minimum absolute atomic E-state index is 0.00806. The van der Waals surface area contributed by atoms with Crippen LogP contribution in [0.3, 0.4) is 0 Å². The van der Waals surface area contributed by atoms with Gasteiger partial charge in [-0.15, -0.1) is 0 Å². The van der Waals surface area contributed by atoms with Gasteiger partial charge in [-0.25, -0.2) is 9.18 Å². The van der Waals surface area contributed by atoms with Crippen molar-refractivity contribution in [3.8, 4) is 23.0 Å². The standard InChI is InChI=1S/C52H57FN10O7/c1-2-30-6-3-7-31-22-35(64)23-37(43(30)31)45-44(53)46-38(24-54-45)47(61-25-32-10-11-33(26-61)55-32)58-50(57-46)70-29-52-15-5-17-63(52)34(14-16-52)28-69-51(68)60-20-18-59(19-21-60)40-9-4-8-36-39(40)27-62(49(36)67)41-12-13-42(65)56-48(41)66/h3-4,6-9,22-24,32-34,41,55,64H,2,5,10-21,25-29H2,1H3,(H,56,65,66)/t32?,33?,34-,41?,52-/m0/s1. The predicted octanol–water partition coefficient (Wildman–Crippen LogP) is 5.29. The smallest absolute Gasteiger partial charge is 0.409 e. The molecule has 4 amide bonds. The van der Waals surface area contributed by atoms with Crippen molar-refractivity contribution in [3.63, 3.8) is 0 Å². The number of piperidine rings is 1. The van der Waals surface area contributed by atoms with Crippen LogP contribution in [0, 0.1) is 5.82 Å². The Morgan fingerprint density at radius 1 is 0.929 bits per heavy atom. The van der Waals surface area contributed by atoms with Crippen LogP contribution in [0.2, 0.25) is 0 Å². The molecule has 5 atom stereocenters. The first-order chi connectivity index (χ1) is 34.0. The molecule has 70 heavy (non-hydrogen) atoms. The molecule has 3 N–H and O–H groups in total. The van der Waals surface area contributed by atoms with E-state index >= 15 is 4.39 Å². The molecule has 6 fully saturated rings. The number of aryl methyl sites for hydroxylation is 1. The number of ether oxygens (including phenoxy) is 2. The van der Waals surface area contributed by atoms with Crippen LogP contribution in [-0.2, 0) is 27.3 Å². The number of benzene rings is 3. The van der Waals surface area contributed by atoms with Gasteiger partial charge in [0.05, 0.1) is 10.9 Å². The van der Waals surface area contributed by atoms with Crippen molar-refractivity contribution < 1.29 is 38.1 Å². The van der Waals surface area contributed by atoms with E-state index in [4.69, 9.17) is 24.4 Å². The van der Waals surface area contributed by atoms with E-state index in [0.717, 1.165) is 92.2 Å². The average molecular weight is 953 g/mol. The summed E-state index contributed by atoms with van der Waals surface area (Å²) in [5, 5.41) is 19.0. The molecule has 5 aromatic rings. The summed E-state index contributed by atoms with van der Waals surface area (Å²) >= 11 is 0. The van der Waals surface area contributed by atoms with Crippen molar-refractivity contribution in [3.05, 3.63) is 77.2 Å². The molecule has 2 bridgehead atoms. The van der Waals surface area contributed by atoms with Gasteiger partial charge in [-0.3, -0.25) is 29.6 Å². The number of halogens is 1. The summed E-state index contributed by atoms with van der Waals surface area (Å²) in [7, 11) is 0. The Bertz CT molecular complexity index is 2950. The normalized spacial score (nSPS) is 25.5. The quantitative estimate of drug-likeness (QED) is 0.154. The van der Waals surface area contributed by atoms with Gasteiger partial charge in [-0.05, 0) is 98.5 Å². The molecule has 0 spiro atoms. The van der Waals surface area contributed by atoms with E-state index in [9.17, 15) is 24.3 Å². The molecule has 0 radical (unpaired) electrons. The summed E-state index contributed by atoms with van der Waals surface area (Å²) in [6.45, 7) is 7.17. The third-order valence-corrected chi connectivity index (χ3v) is 16.2. The lowest BCUT2D eigenvalue weighted by Crippen LogP contribution is -2.52. The van der Waals surface area contributed by atoms with Crippen LogP contribution >= 0.6 is 0 Å². The summed E-state index contributed by atoms with van der Waals surface area (Å²) in [5.41, 5.74) is 3.77. The predicted molar refractivity (Wildman–Crippen MR) is 258 cm³/mol. The van der Waals surface area contributed by atoms with Crippen LogP contribution in [0.15, 0.2) is 54.7 Å². The minimum atomic E-state index is -0.688. The van der Waals surface area contributed by atoms with Gasteiger partial charge in [0, 0.05) is 98.9 Å². The van der Waals surface area contributed by atoms with Crippen molar-refractivity contribution in [2.75, 3.05) is 68.8 Å². The fourth-order valence-electron chi connectivity index (χ4n) is 12.7. The van der Waals surface area contributed by atoms with Crippen LogP contribution < -0.4 is 25.2 Å². The largest absolute Gasteiger partial charge is 0.508 e. The highest BCUT2D eigenvalue weighted by atomic mass is 19.1. The first-order valence-electron chi connectivity index (χ1n) is 25.0. The number of aromatic nitrogens is 3. The molecule has 12 rings (SSSR count). The highest BCUT2D eigenvalue weighted by molar-refractivity contribution is 6.06. The Hall–Kier alpha value is -6.66. The van der Waals surface area contributed by atoms with E-state index in [1.807, 2.05) is 30.3 Å². The van der Waals surface area contributed by atoms with E-state index in [1.165, 1.54) is 0 Å². The number of nitrogens with one attached hydrogen (secondary N) is 2. The summed E-state index contributed by atoms with van der Waals surface area (Å²) < 4.78 is 29.9. The Balaban J connectivity index is 0.729. The van der Waals surface area contributed by atoms with E-state index in [2.05, 4.69) is 32.3 Å². The number of rotatable bonds is 10. The second kappa shape index (κ2) is 17.6. The number of aromatic hydroxyl groups is 1. The molecule has 17 nitrogen and oxygen atoms in total. The Labute approximate surface area is 404 Å². The molecule has 0 aliphatic carbocycles. The number of anilines is 2. The number of carbonyl (C=O) groups is 4. The second-order valence-electron chi connectivity index (χ2n) is 20.2. The van der Waals surface area contributed by atoms with Crippen molar-refractivity contribution in [1.82, 2.24) is 40.3 Å². The zero-order chi connectivity index (χ0) is 47.8. The fourth-order valence-corrected chi connectivity index (χ4v) is 12.7. The lowest BCUT2D eigenvalue weighted by Gasteiger charge is -2.37. The van der Waals surface area contributed by atoms with E-state index in [-0.39, 0.29) is 72.0 Å². The molecule has 0 saturated carbocycles. The van der Waals surface area contributed by atoms with Crippen LogP contribution in [0.5, 0.6) is 11.8 Å². The van der Waals surface area contributed by atoms with Crippen LogP contribution in [0.1, 0.15) is 79.8 Å². The van der Waals surface area contributed by atoms with Gasteiger partial charge in [-0.2, -0.15) is 9.97 Å². The molecular formula is C52H57FN10O7. The number of piperazine rings is 2. The number of phenolic OH excluding ortho intramolecular Hbond substituents is 1. The molecule has 18 heteroatoms.